The lowest BCUT2D eigenvalue weighted by molar-refractivity contribution is 0.0511. The number of carbonyl (C=O) groups is 1. The molecule has 0 aliphatic heterocycles. The van der Waals surface area contributed by atoms with E-state index in [1.54, 1.807) is 31.4 Å². The van der Waals surface area contributed by atoms with Crippen molar-refractivity contribution in [2.45, 2.75) is 0 Å². The molecule has 0 saturated heterocycles. The highest BCUT2D eigenvalue weighted by molar-refractivity contribution is 7.10. The van der Waals surface area contributed by atoms with Crippen molar-refractivity contribution < 1.29 is 14.3 Å². The highest BCUT2D eigenvalue weighted by atomic mass is 32.1. The summed E-state index contributed by atoms with van der Waals surface area (Å²) in [5.74, 6) is 5.91. The molecule has 0 amide bonds. The average Bonchev–Trinajstić information content (AvgIpc) is 2.96. The Morgan fingerprint density at radius 2 is 2.05 bits per heavy atom. The molecule has 1 heterocycles. The molecule has 2 rings (SSSR count). The minimum Gasteiger partial charge on any atom is -0.468 e. The third-order valence-corrected chi connectivity index (χ3v) is 3.07. The van der Waals surface area contributed by atoms with Crippen molar-refractivity contribution in [3.05, 3.63) is 52.2 Å². The van der Waals surface area contributed by atoms with E-state index in [0.29, 0.717) is 11.3 Å². The number of carbonyl (C=O) groups excluding carboxylic acids is 1. The van der Waals surface area contributed by atoms with Crippen molar-refractivity contribution in [3.63, 3.8) is 0 Å². The molecule has 1 aromatic heterocycles. The number of ether oxygens (including phenoxy) is 2. The predicted molar refractivity (Wildman–Crippen MR) is 74.5 cm³/mol. The molecule has 2 aromatic rings. The lowest BCUT2D eigenvalue weighted by atomic mass is 10.1. The Morgan fingerprint density at radius 3 is 2.68 bits per heavy atom. The van der Waals surface area contributed by atoms with Crippen LogP contribution in [0.1, 0.15) is 15.2 Å². The maximum absolute atomic E-state index is 11.8. The number of hydrogen-bond acceptors (Lipinski definition) is 4. The first-order valence-corrected chi connectivity index (χ1v) is 6.49. The summed E-state index contributed by atoms with van der Waals surface area (Å²) in [4.78, 5) is 12.7. The van der Waals surface area contributed by atoms with Crippen LogP contribution in [-0.2, 0) is 4.74 Å². The zero-order chi connectivity index (χ0) is 13.5. The standard InChI is InChI=1S/C15H12O3S/c1-17-11-18-13-6-4-12(5-7-13)15(16)9-8-14-3-2-10-19-14/h2-7,10H,11H2,1H3. The van der Waals surface area contributed by atoms with E-state index in [2.05, 4.69) is 11.8 Å². The van der Waals surface area contributed by atoms with Crippen LogP contribution in [0.3, 0.4) is 0 Å². The highest BCUT2D eigenvalue weighted by Crippen LogP contribution is 2.12. The van der Waals surface area contributed by atoms with Gasteiger partial charge in [-0.25, -0.2) is 0 Å². The van der Waals surface area contributed by atoms with Crippen LogP contribution in [0.25, 0.3) is 0 Å². The molecule has 0 N–H and O–H groups in total. The van der Waals surface area contributed by atoms with Crippen LogP contribution in [0.5, 0.6) is 5.75 Å². The third kappa shape index (κ3) is 3.95. The summed E-state index contributed by atoms with van der Waals surface area (Å²) < 4.78 is 10.0. The molecule has 0 bridgehead atoms. The molecule has 0 aliphatic carbocycles. The van der Waals surface area contributed by atoms with Crippen molar-refractivity contribution >= 4 is 17.1 Å². The lowest BCUT2D eigenvalue weighted by Gasteiger charge is -2.03. The predicted octanol–water partition coefficient (Wildman–Crippen LogP) is 2.97. The molecular weight excluding hydrogens is 260 g/mol. The van der Waals surface area contributed by atoms with E-state index in [1.165, 1.54) is 11.3 Å². The molecular formula is C15H12O3S. The van der Waals surface area contributed by atoms with Crippen molar-refractivity contribution in [1.29, 1.82) is 0 Å². The van der Waals surface area contributed by atoms with Crippen LogP contribution in [0, 0.1) is 11.8 Å². The van der Waals surface area contributed by atoms with Crippen molar-refractivity contribution in [2.75, 3.05) is 13.9 Å². The fourth-order valence-electron chi connectivity index (χ4n) is 1.37. The molecule has 3 nitrogen and oxygen atoms in total. The summed E-state index contributed by atoms with van der Waals surface area (Å²) in [5, 5.41) is 1.93. The maximum Gasteiger partial charge on any atom is 0.236 e. The summed E-state index contributed by atoms with van der Waals surface area (Å²) in [6.45, 7) is 0.186. The van der Waals surface area contributed by atoms with E-state index in [4.69, 9.17) is 9.47 Å². The molecule has 0 fully saturated rings. The Kier molecular flexibility index (Phi) is 4.73. The number of hydrogen-bond donors (Lipinski definition) is 0. The van der Waals surface area contributed by atoms with Gasteiger partial charge >= 0.3 is 0 Å². The second-order valence-corrected chi connectivity index (χ2v) is 4.58. The van der Waals surface area contributed by atoms with Crippen LogP contribution >= 0.6 is 11.3 Å². The normalized spacial score (nSPS) is 9.53. The second-order valence-electron chi connectivity index (χ2n) is 3.63. The first kappa shape index (κ1) is 13.3. The van der Waals surface area contributed by atoms with Gasteiger partial charge in [0.1, 0.15) is 5.75 Å². The van der Waals surface area contributed by atoms with Gasteiger partial charge in [0.15, 0.2) is 6.79 Å². The summed E-state index contributed by atoms with van der Waals surface area (Å²) >= 11 is 1.51. The minimum atomic E-state index is -0.202. The van der Waals surface area contributed by atoms with Gasteiger partial charge in [0.2, 0.25) is 5.78 Å². The third-order valence-electron chi connectivity index (χ3n) is 2.28. The zero-order valence-electron chi connectivity index (χ0n) is 10.4. The van der Waals surface area contributed by atoms with Crippen molar-refractivity contribution in [1.82, 2.24) is 0 Å². The van der Waals surface area contributed by atoms with Gasteiger partial charge in [0.25, 0.3) is 0 Å². The van der Waals surface area contributed by atoms with Crippen molar-refractivity contribution in [3.8, 4) is 17.6 Å². The van der Waals surface area contributed by atoms with E-state index in [0.717, 1.165) is 4.88 Å². The fraction of sp³-hybridized carbons (Fsp3) is 0.133. The van der Waals surface area contributed by atoms with Crippen molar-refractivity contribution in [2.24, 2.45) is 0 Å². The van der Waals surface area contributed by atoms with Gasteiger partial charge in [-0.2, -0.15) is 0 Å². The minimum absolute atomic E-state index is 0.186. The highest BCUT2D eigenvalue weighted by Gasteiger charge is 2.02. The molecule has 0 radical (unpaired) electrons. The van der Waals surface area contributed by atoms with Gasteiger partial charge in [-0.15, -0.1) is 11.3 Å². The zero-order valence-corrected chi connectivity index (χ0v) is 11.2. The summed E-state index contributed by atoms with van der Waals surface area (Å²) in [7, 11) is 1.55. The average molecular weight is 272 g/mol. The molecule has 0 atom stereocenters. The number of rotatable bonds is 4. The molecule has 0 spiro atoms. The number of benzene rings is 1. The first-order valence-electron chi connectivity index (χ1n) is 5.61. The largest absolute Gasteiger partial charge is 0.468 e. The fourth-order valence-corrected chi connectivity index (χ4v) is 1.94. The quantitative estimate of drug-likeness (QED) is 0.487. The Balaban J connectivity index is 2.03. The monoisotopic (exact) mass is 272 g/mol. The van der Waals surface area contributed by atoms with Gasteiger partial charge in [0.05, 0.1) is 4.88 Å². The Morgan fingerprint density at radius 1 is 1.26 bits per heavy atom. The van der Waals surface area contributed by atoms with Crippen LogP contribution in [-0.4, -0.2) is 19.7 Å². The van der Waals surface area contributed by atoms with E-state index in [1.807, 2.05) is 17.5 Å². The first-order chi connectivity index (χ1) is 9.29. The Hall–Kier alpha value is -2.09. The number of ketones is 1. The van der Waals surface area contributed by atoms with Gasteiger partial charge in [-0.05, 0) is 47.6 Å². The van der Waals surface area contributed by atoms with Crippen LogP contribution < -0.4 is 4.74 Å². The topological polar surface area (TPSA) is 35.5 Å². The number of Topliss-reactive ketones (excluding diaryl/α,β-unsaturated/α-hetero) is 1. The van der Waals surface area contributed by atoms with E-state index >= 15 is 0 Å². The summed E-state index contributed by atoms with van der Waals surface area (Å²) in [6, 6.07) is 10.6. The lowest BCUT2D eigenvalue weighted by Crippen LogP contribution is -2.00. The molecule has 19 heavy (non-hydrogen) atoms. The summed E-state index contributed by atoms with van der Waals surface area (Å²) in [6.07, 6.45) is 0. The van der Waals surface area contributed by atoms with Gasteiger partial charge in [-0.3, -0.25) is 4.79 Å². The molecule has 0 aliphatic rings. The van der Waals surface area contributed by atoms with E-state index in [9.17, 15) is 4.79 Å². The number of thiophene rings is 1. The Bertz CT molecular complexity index is 589. The van der Waals surface area contributed by atoms with Crippen LogP contribution in [0.2, 0.25) is 0 Å². The molecule has 1 aromatic carbocycles. The Labute approximate surface area is 115 Å². The summed E-state index contributed by atoms with van der Waals surface area (Å²) in [5.41, 5.74) is 0.550. The number of methoxy groups -OCH3 is 1. The maximum atomic E-state index is 11.8. The van der Waals surface area contributed by atoms with Gasteiger partial charge in [0, 0.05) is 12.7 Å². The molecule has 0 unspecified atom stereocenters. The molecule has 4 heteroatoms. The van der Waals surface area contributed by atoms with E-state index in [-0.39, 0.29) is 12.6 Å². The van der Waals surface area contributed by atoms with Crippen LogP contribution in [0.15, 0.2) is 41.8 Å². The smallest absolute Gasteiger partial charge is 0.236 e. The van der Waals surface area contributed by atoms with Gasteiger partial charge < -0.3 is 9.47 Å². The SMILES string of the molecule is COCOc1ccc(C(=O)C#Cc2cccs2)cc1. The van der Waals surface area contributed by atoms with E-state index < -0.39 is 0 Å². The van der Waals surface area contributed by atoms with Gasteiger partial charge in [-0.1, -0.05) is 6.07 Å². The molecule has 0 saturated carbocycles. The second kappa shape index (κ2) is 6.74. The molecule has 96 valence electrons. The van der Waals surface area contributed by atoms with Crippen LogP contribution in [0.4, 0.5) is 0 Å².